The lowest BCUT2D eigenvalue weighted by atomic mass is 10.2. The van der Waals surface area contributed by atoms with Crippen molar-refractivity contribution in [3.05, 3.63) is 36.2 Å². The normalized spacial score (nSPS) is 10.9. The van der Waals surface area contributed by atoms with Gasteiger partial charge in [-0.15, -0.1) is 0 Å². The summed E-state index contributed by atoms with van der Waals surface area (Å²) in [5, 5.41) is 0. The van der Waals surface area contributed by atoms with E-state index < -0.39 is 0 Å². The molecule has 0 saturated carbocycles. The smallest absolute Gasteiger partial charge is 0.178 e. The number of fused-ring (bicyclic) bond motifs is 1. The average Bonchev–Trinajstić information content (AvgIpc) is 2.75. The molecule has 3 aromatic rings. The van der Waals surface area contributed by atoms with E-state index in [4.69, 9.17) is 5.73 Å². The van der Waals surface area contributed by atoms with Crippen LogP contribution in [0.15, 0.2) is 30.6 Å². The number of nitrogens with zero attached hydrogens (tertiary/aromatic N) is 3. The van der Waals surface area contributed by atoms with Crippen LogP contribution in [-0.2, 0) is 0 Å². The molecule has 0 fully saturated rings. The predicted octanol–water partition coefficient (Wildman–Crippen LogP) is 1.91. The van der Waals surface area contributed by atoms with E-state index in [1.807, 2.05) is 19.1 Å². The molecule has 0 aliphatic carbocycles. The highest BCUT2D eigenvalue weighted by Crippen LogP contribution is 2.20. The molecule has 0 spiro atoms. The fraction of sp³-hybridized carbons (Fsp3) is 0.0833. The SMILES string of the molecule is Cc1ccnc2nc(-c3ccc(N)nc3)[nH]c12. The number of imidazole rings is 1. The molecule has 5 heteroatoms. The third kappa shape index (κ3) is 1.61. The molecule has 5 nitrogen and oxygen atoms in total. The first-order valence-corrected chi connectivity index (χ1v) is 5.27. The number of anilines is 1. The molecule has 84 valence electrons. The summed E-state index contributed by atoms with van der Waals surface area (Å²) < 4.78 is 0. The fourth-order valence-corrected chi connectivity index (χ4v) is 1.72. The van der Waals surface area contributed by atoms with Gasteiger partial charge in [0.15, 0.2) is 5.65 Å². The van der Waals surface area contributed by atoms with Gasteiger partial charge in [-0.05, 0) is 30.7 Å². The van der Waals surface area contributed by atoms with Gasteiger partial charge in [0.2, 0.25) is 0 Å². The van der Waals surface area contributed by atoms with Crippen molar-refractivity contribution in [2.45, 2.75) is 6.92 Å². The standard InChI is InChI=1S/C12H11N5/c1-7-4-5-14-12-10(7)16-11(17-12)8-2-3-9(13)15-6-8/h2-6H,1H3,(H2,13,15)(H,14,16,17). The molecule has 0 aliphatic rings. The Morgan fingerprint density at radius 3 is 2.76 bits per heavy atom. The minimum Gasteiger partial charge on any atom is -0.384 e. The molecule has 17 heavy (non-hydrogen) atoms. The van der Waals surface area contributed by atoms with Gasteiger partial charge in [0.25, 0.3) is 0 Å². The Balaban J connectivity index is 2.18. The first-order chi connectivity index (χ1) is 8.24. The van der Waals surface area contributed by atoms with Crippen molar-refractivity contribution in [2.24, 2.45) is 0 Å². The van der Waals surface area contributed by atoms with Gasteiger partial charge in [-0.1, -0.05) is 0 Å². The van der Waals surface area contributed by atoms with E-state index in [9.17, 15) is 0 Å². The number of aryl methyl sites for hydroxylation is 1. The van der Waals surface area contributed by atoms with E-state index in [1.165, 1.54) is 0 Å². The molecule has 0 aliphatic heterocycles. The number of aromatic nitrogens is 4. The minimum atomic E-state index is 0.499. The number of hydrogen-bond acceptors (Lipinski definition) is 4. The molecule has 0 amide bonds. The summed E-state index contributed by atoms with van der Waals surface area (Å²) in [7, 11) is 0. The molecule has 3 N–H and O–H groups in total. The third-order valence-electron chi connectivity index (χ3n) is 2.66. The first-order valence-electron chi connectivity index (χ1n) is 5.27. The van der Waals surface area contributed by atoms with Gasteiger partial charge >= 0.3 is 0 Å². The average molecular weight is 225 g/mol. The Labute approximate surface area is 97.7 Å². The molecule has 0 radical (unpaired) electrons. The summed E-state index contributed by atoms with van der Waals surface area (Å²) in [5.74, 6) is 1.26. The molecule has 3 rings (SSSR count). The van der Waals surface area contributed by atoms with E-state index in [2.05, 4.69) is 19.9 Å². The van der Waals surface area contributed by atoms with Crippen LogP contribution in [0.5, 0.6) is 0 Å². The summed E-state index contributed by atoms with van der Waals surface area (Å²) in [6.45, 7) is 2.02. The second kappa shape index (κ2) is 3.55. The Kier molecular flexibility index (Phi) is 2.04. The highest BCUT2D eigenvalue weighted by Gasteiger charge is 2.07. The van der Waals surface area contributed by atoms with Crippen LogP contribution in [0.4, 0.5) is 5.82 Å². The molecule has 0 aromatic carbocycles. The van der Waals surface area contributed by atoms with E-state index in [0.29, 0.717) is 5.82 Å². The Morgan fingerprint density at radius 1 is 1.18 bits per heavy atom. The second-order valence-electron chi connectivity index (χ2n) is 3.88. The summed E-state index contributed by atoms with van der Waals surface area (Å²) in [6, 6.07) is 5.59. The van der Waals surface area contributed by atoms with Gasteiger partial charge in [-0.25, -0.2) is 15.0 Å². The van der Waals surface area contributed by atoms with E-state index >= 15 is 0 Å². The largest absolute Gasteiger partial charge is 0.384 e. The van der Waals surface area contributed by atoms with Crippen LogP contribution < -0.4 is 5.73 Å². The number of rotatable bonds is 1. The third-order valence-corrected chi connectivity index (χ3v) is 2.66. The van der Waals surface area contributed by atoms with E-state index in [-0.39, 0.29) is 0 Å². The van der Waals surface area contributed by atoms with Crippen LogP contribution in [0.1, 0.15) is 5.56 Å². The number of nitrogen functional groups attached to an aromatic ring is 1. The zero-order valence-corrected chi connectivity index (χ0v) is 9.31. The van der Waals surface area contributed by atoms with Crippen molar-refractivity contribution in [1.82, 2.24) is 19.9 Å². The number of pyridine rings is 2. The summed E-state index contributed by atoms with van der Waals surface area (Å²) in [4.78, 5) is 15.9. The molecule has 3 heterocycles. The molecular weight excluding hydrogens is 214 g/mol. The lowest BCUT2D eigenvalue weighted by Gasteiger charge is -1.95. The Bertz CT molecular complexity index is 669. The topological polar surface area (TPSA) is 80.5 Å². The van der Waals surface area contributed by atoms with Crippen molar-refractivity contribution in [2.75, 3.05) is 5.73 Å². The van der Waals surface area contributed by atoms with Crippen LogP contribution in [-0.4, -0.2) is 19.9 Å². The lowest BCUT2D eigenvalue weighted by molar-refractivity contribution is 1.27. The summed E-state index contributed by atoms with van der Waals surface area (Å²) in [5.41, 5.74) is 9.25. The minimum absolute atomic E-state index is 0.499. The number of aromatic amines is 1. The van der Waals surface area contributed by atoms with Crippen molar-refractivity contribution >= 4 is 17.0 Å². The number of H-pyrrole nitrogens is 1. The zero-order chi connectivity index (χ0) is 11.8. The van der Waals surface area contributed by atoms with Gasteiger partial charge < -0.3 is 10.7 Å². The van der Waals surface area contributed by atoms with E-state index in [1.54, 1.807) is 18.5 Å². The maximum atomic E-state index is 5.55. The number of hydrogen-bond donors (Lipinski definition) is 2. The fourth-order valence-electron chi connectivity index (χ4n) is 1.72. The second-order valence-corrected chi connectivity index (χ2v) is 3.88. The van der Waals surface area contributed by atoms with Crippen molar-refractivity contribution in [1.29, 1.82) is 0 Å². The Morgan fingerprint density at radius 2 is 2.06 bits per heavy atom. The number of nitrogens with two attached hydrogens (primary N) is 1. The highest BCUT2D eigenvalue weighted by atomic mass is 15.0. The molecule has 0 unspecified atom stereocenters. The first kappa shape index (κ1) is 9.77. The van der Waals surface area contributed by atoms with Crippen LogP contribution in [0.25, 0.3) is 22.6 Å². The molecule has 3 aromatic heterocycles. The molecule has 0 saturated heterocycles. The quantitative estimate of drug-likeness (QED) is 0.663. The molecular formula is C12H11N5. The number of nitrogens with one attached hydrogen (secondary N) is 1. The van der Waals surface area contributed by atoms with Gasteiger partial charge in [-0.2, -0.15) is 0 Å². The highest BCUT2D eigenvalue weighted by molar-refractivity contribution is 5.78. The van der Waals surface area contributed by atoms with Crippen LogP contribution in [0.2, 0.25) is 0 Å². The summed E-state index contributed by atoms with van der Waals surface area (Å²) in [6.07, 6.45) is 3.45. The van der Waals surface area contributed by atoms with Gasteiger partial charge in [0, 0.05) is 18.0 Å². The van der Waals surface area contributed by atoms with Crippen LogP contribution in [0, 0.1) is 6.92 Å². The van der Waals surface area contributed by atoms with Gasteiger partial charge in [0.05, 0.1) is 5.52 Å². The molecule has 0 atom stereocenters. The van der Waals surface area contributed by atoms with E-state index in [0.717, 1.165) is 28.1 Å². The zero-order valence-electron chi connectivity index (χ0n) is 9.31. The summed E-state index contributed by atoms with van der Waals surface area (Å²) >= 11 is 0. The van der Waals surface area contributed by atoms with Crippen molar-refractivity contribution in [3.63, 3.8) is 0 Å². The van der Waals surface area contributed by atoms with Crippen molar-refractivity contribution < 1.29 is 0 Å². The van der Waals surface area contributed by atoms with Crippen LogP contribution in [0.3, 0.4) is 0 Å². The maximum absolute atomic E-state index is 5.55. The molecule has 0 bridgehead atoms. The lowest BCUT2D eigenvalue weighted by Crippen LogP contribution is -1.89. The Hall–Kier alpha value is -2.43. The van der Waals surface area contributed by atoms with Gasteiger partial charge in [-0.3, -0.25) is 0 Å². The van der Waals surface area contributed by atoms with Gasteiger partial charge in [0.1, 0.15) is 11.6 Å². The van der Waals surface area contributed by atoms with Crippen LogP contribution >= 0.6 is 0 Å². The monoisotopic (exact) mass is 225 g/mol. The van der Waals surface area contributed by atoms with Crippen molar-refractivity contribution in [3.8, 4) is 11.4 Å². The maximum Gasteiger partial charge on any atom is 0.178 e. The predicted molar refractivity (Wildman–Crippen MR) is 66.3 cm³/mol.